The van der Waals surface area contributed by atoms with E-state index in [0.29, 0.717) is 6.42 Å². The molecule has 0 heterocycles. The zero-order valence-electron chi connectivity index (χ0n) is 8.57. The highest BCUT2D eigenvalue weighted by molar-refractivity contribution is 5.84. The average molecular weight is 248 g/mol. The molecule has 0 aromatic heterocycles. The third-order valence-electron chi connectivity index (χ3n) is 1.90. The lowest BCUT2D eigenvalue weighted by Crippen LogP contribution is -2.54. The van der Waals surface area contributed by atoms with Crippen molar-refractivity contribution in [1.82, 2.24) is 5.32 Å². The third kappa shape index (κ3) is 3.58. The van der Waals surface area contributed by atoms with Crippen molar-refractivity contribution in [3.63, 3.8) is 0 Å². The van der Waals surface area contributed by atoms with Crippen LogP contribution < -0.4 is 11.1 Å². The van der Waals surface area contributed by atoms with E-state index in [4.69, 9.17) is 5.73 Å². The van der Waals surface area contributed by atoms with Gasteiger partial charge in [-0.05, 0) is 6.42 Å². The van der Waals surface area contributed by atoms with Crippen LogP contribution in [0.1, 0.15) is 19.8 Å². The molecule has 0 radical (unpaired) electrons. The van der Waals surface area contributed by atoms with E-state index in [9.17, 15) is 26.7 Å². The van der Waals surface area contributed by atoms with Gasteiger partial charge >= 0.3 is 18.0 Å². The molecule has 96 valence electrons. The predicted octanol–water partition coefficient (Wildman–Crippen LogP) is 1.43. The van der Waals surface area contributed by atoms with Crippen molar-refractivity contribution in [2.45, 2.75) is 37.9 Å². The number of carbonyl (C=O) groups excluding carboxylic acids is 1. The highest BCUT2D eigenvalue weighted by Crippen LogP contribution is 2.35. The summed E-state index contributed by atoms with van der Waals surface area (Å²) >= 11 is 0. The Morgan fingerprint density at radius 1 is 1.31 bits per heavy atom. The van der Waals surface area contributed by atoms with E-state index in [1.807, 2.05) is 0 Å². The summed E-state index contributed by atoms with van der Waals surface area (Å²) in [6, 6.07) is -0.870. The highest BCUT2D eigenvalue weighted by atomic mass is 19.4. The number of alkyl halides is 5. The molecule has 0 saturated carbocycles. The zero-order chi connectivity index (χ0) is 13.0. The van der Waals surface area contributed by atoms with E-state index in [-0.39, 0.29) is 13.0 Å². The van der Waals surface area contributed by atoms with E-state index >= 15 is 0 Å². The Morgan fingerprint density at radius 3 is 2.12 bits per heavy atom. The topological polar surface area (TPSA) is 55.1 Å². The lowest BCUT2D eigenvalue weighted by Gasteiger charge is -2.22. The number of hydrogen-bond donors (Lipinski definition) is 2. The summed E-state index contributed by atoms with van der Waals surface area (Å²) in [4.78, 5) is 10.7. The summed E-state index contributed by atoms with van der Waals surface area (Å²) in [5.74, 6) is -7.74. The van der Waals surface area contributed by atoms with Gasteiger partial charge in [0.05, 0.1) is 0 Å². The molecule has 0 aliphatic heterocycles. The maximum Gasteiger partial charge on any atom is 0.463 e. The van der Waals surface area contributed by atoms with Gasteiger partial charge in [0.15, 0.2) is 0 Å². The molecule has 3 N–H and O–H groups in total. The van der Waals surface area contributed by atoms with Crippen molar-refractivity contribution in [1.29, 1.82) is 0 Å². The van der Waals surface area contributed by atoms with Gasteiger partial charge in [-0.2, -0.15) is 22.0 Å². The van der Waals surface area contributed by atoms with Gasteiger partial charge in [-0.1, -0.05) is 13.3 Å². The monoisotopic (exact) mass is 248 g/mol. The molecule has 0 fully saturated rings. The van der Waals surface area contributed by atoms with Crippen LogP contribution >= 0.6 is 0 Å². The van der Waals surface area contributed by atoms with Crippen LogP contribution in [0.3, 0.4) is 0 Å². The van der Waals surface area contributed by atoms with Crippen molar-refractivity contribution in [3.05, 3.63) is 0 Å². The van der Waals surface area contributed by atoms with Gasteiger partial charge < -0.3 is 11.1 Å². The van der Waals surface area contributed by atoms with Crippen LogP contribution in [0.2, 0.25) is 0 Å². The molecule has 0 aliphatic rings. The molecule has 0 saturated heterocycles. The van der Waals surface area contributed by atoms with Crippen LogP contribution in [-0.2, 0) is 4.79 Å². The Labute approximate surface area is 89.2 Å². The summed E-state index contributed by atoms with van der Waals surface area (Å²) in [5, 5.41) is 1.58. The second-order valence-electron chi connectivity index (χ2n) is 3.27. The highest BCUT2D eigenvalue weighted by Gasteiger charge is 2.63. The number of carbonyl (C=O) groups is 1. The second-order valence-corrected chi connectivity index (χ2v) is 3.27. The van der Waals surface area contributed by atoms with E-state index in [0.717, 1.165) is 0 Å². The van der Waals surface area contributed by atoms with Gasteiger partial charge in [-0.25, -0.2) is 0 Å². The Hall–Kier alpha value is -0.920. The minimum absolute atomic E-state index is 0.187. The molecule has 0 aromatic carbocycles. The van der Waals surface area contributed by atoms with Crippen molar-refractivity contribution < 1.29 is 26.7 Å². The summed E-state index contributed by atoms with van der Waals surface area (Å²) in [6.07, 6.45) is -5.13. The Kier molecular flexibility index (Phi) is 5.11. The van der Waals surface area contributed by atoms with Crippen LogP contribution in [-0.4, -0.2) is 30.6 Å². The molecular formula is C8H13F5N2O. The zero-order valence-corrected chi connectivity index (χ0v) is 8.57. The summed E-state index contributed by atoms with van der Waals surface area (Å²) in [6.45, 7) is 1.50. The first-order chi connectivity index (χ1) is 7.16. The van der Waals surface area contributed by atoms with Crippen molar-refractivity contribution in [3.8, 4) is 0 Å². The van der Waals surface area contributed by atoms with E-state index < -0.39 is 24.0 Å². The molecule has 0 aliphatic carbocycles. The number of nitrogens with one attached hydrogen (secondary N) is 1. The molecule has 1 amide bonds. The van der Waals surface area contributed by atoms with Crippen LogP contribution in [0.5, 0.6) is 0 Å². The largest absolute Gasteiger partial charge is 0.463 e. The maximum absolute atomic E-state index is 12.5. The molecule has 0 aromatic rings. The van der Waals surface area contributed by atoms with Crippen LogP contribution in [0.4, 0.5) is 22.0 Å². The predicted molar refractivity (Wildman–Crippen MR) is 46.9 cm³/mol. The number of amides is 1. The van der Waals surface area contributed by atoms with Gasteiger partial charge in [0.25, 0.3) is 0 Å². The van der Waals surface area contributed by atoms with Gasteiger partial charge in [0.1, 0.15) is 0 Å². The SMILES string of the molecule is CCCC(CN)NC(=O)C(F)(F)C(F)(F)F. The van der Waals surface area contributed by atoms with Crippen LogP contribution in [0, 0.1) is 0 Å². The molecule has 1 atom stereocenters. The lowest BCUT2D eigenvalue weighted by molar-refractivity contribution is -0.270. The first-order valence-electron chi connectivity index (χ1n) is 4.62. The fourth-order valence-electron chi connectivity index (χ4n) is 1.00. The average Bonchev–Trinajstić information content (AvgIpc) is 2.15. The Bertz CT molecular complexity index is 241. The van der Waals surface area contributed by atoms with Crippen LogP contribution in [0.15, 0.2) is 0 Å². The molecule has 16 heavy (non-hydrogen) atoms. The molecule has 0 spiro atoms. The lowest BCUT2D eigenvalue weighted by atomic mass is 10.1. The molecule has 0 bridgehead atoms. The summed E-state index contributed by atoms with van der Waals surface area (Å²) in [7, 11) is 0. The Morgan fingerprint density at radius 2 is 1.81 bits per heavy atom. The van der Waals surface area contributed by atoms with Gasteiger partial charge in [0.2, 0.25) is 0 Å². The van der Waals surface area contributed by atoms with E-state index in [1.165, 1.54) is 0 Å². The second kappa shape index (κ2) is 5.42. The summed E-state index contributed by atoms with van der Waals surface area (Å²) < 4.78 is 60.3. The maximum atomic E-state index is 12.5. The fraction of sp³-hybridized carbons (Fsp3) is 0.875. The number of halogens is 5. The van der Waals surface area contributed by atoms with Gasteiger partial charge in [0, 0.05) is 12.6 Å². The Balaban J connectivity index is 4.56. The van der Waals surface area contributed by atoms with Gasteiger partial charge in [-0.15, -0.1) is 0 Å². The first-order valence-corrected chi connectivity index (χ1v) is 4.62. The molecular weight excluding hydrogens is 235 g/mol. The van der Waals surface area contributed by atoms with Crippen molar-refractivity contribution in [2.24, 2.45) is 5.73 Å². The van der Waals surface area contributed by atoms with E-state index in [1.54, 1.807) is 12.2 Å². The van der Waals surface area contributed by atoms with E-state index in [2.05, 4.69) is 0 Å². The molecule has 1 unspecified atom stereocenters. The summed E-state index contributed by atoms with van der Waals surface area (Å²) in [5.41, 5.74) is 5.12. The first kappa shape index (κ1) is 15.1. The fourth-order valence-corrected chi connectivity index (χ4v) is 1.00. The van der Waals surface area contributed by atoms with Crippen LogP contribution in [0.25, 0.3) is 0 Å². The van der Waals surface area contributed by atoms with Crippen molar-refractivity contribution in [2.75, 3.05) is 6.54 Å². The number of nitrogens with two attached hydrogens (primary N) is 1. The van der Waals surface area contributed by atoms with Crippen molar-refractivity contribution >= 4 is 5.91 Å². The molecule has 3 nitrogen and oxygen atoms in total. The quantitative estimate of drug-likeness (QED) is 0.723. The number of hydrogen-bond acceptors (Lipinski definition) is 2. The third-order valence-corrected chi connectivity index (χ3v) is 1.90. The molecule has 0 rings (SSSR count). The standard InChI is InChI=1S/C8H13F5N2O/c1-2-3-5(4-14)15-6(16)7(9,10)8(11,12)13/h5H,2-4,14H2,1H3,(H,15,16). The minimum Gasteiger partial charge on any atom is -0.347 e. The molecule has 8 heteroatoms. The number of rotatable bonds is 5. The minimum atomic E-state index is -5.89. The smallest absolute Gasteiger partial charge is 0.347 e. The normalized spacial score (nSPS) is 14.7. The van der Waals surface area contributed by atoms with Gasteiger partial charge in [-0.3, -0.25) is 4.79 Å².